The first-order valence-corrected chi connectivity index (χ1v) is 7.87. The van der Waals surface area contributed by atoms with Crippen LogP contribution >= 0.6 is 0 Å². The summed E-state index contributed by atoms with van der Waals surface area (Å²) >= 11 is 0. The number of hydrogen-bond acceptors (Lipinski definition) is 1. The number of para-hydroxylation sites is 1. The Bertz CT molecular complexity index is 908. The minimum absolute atomic E-state index is 1.04. The number of hydrogen-bond donors (Lipinski definition) is 0. The molecule has 1 aliphatic heterocycles. The highest BCUT2D eigenvalue weighted by Crippen LogP contribution is 2.47. The average Bonchev–Trinajstić information content (AvgIpc) is 2.93. The fraction of sp³-hybridized carbons (Fsp3) is 0.143. The zero-order chi connectivity index (χ0) is 14.7. The van der Waals surface area contributed by atoms with Crippen LogP contribution in [0.25, 0.3) is 11.1 Å². The molecule has 0 unspecified atom stereocenters. The van der Waals surface area contributed by atoms with Crippen LogP contribution in [0.5, 0.6) is 0 Å². The lowest BCUT2D eigenvalue weighted by atomic mass is 9.91. The molecule has 0 N–H and O–H groups in total. The first-order chi connectivity index (χ1) is 10.8. The van der Waals surface area contributed by atoms with Gasteiger partial charge in [-0.3, -0.25) is 0 Å². The van der Waals surface area contributed by atoms with Gasteiger partial charge in [-0.25, -0.2) is 0 Å². The summed E-state index contributed by atoms with van der Waals surface area (Å²) in [7, 11) is 2.21. The second-order valence-corrected chi connectivity index (χ2v) is 6.30. The van der Waals surface area contributed by atoms with E-state index in [-0.39, 0.29) is 0 Å². The molecule has 106 valence electrons. The summed E-state index contributed by atoms with van der Waals surface area (Å²) in [6, 6.07) is 22.2. The molecule has 0 amide bonds. The predicted octanol–water partition coefficient (Wildman–Crippen LogP) is 4.93. The van der Waals surface area contributed by atoms with E-state index in [2.05, 4.69) is 72.6 Å². The van der Waals surface area contributed by atoms with Crippen molar-refractivity contribution in [1.29, 1.82) is 0 Å². The number of nitrogens with zero attached hydrogens (tertiary/aromatic N) is 1. The monoisotopic (exact) mass is 283 g/mol. The summed E-state index contributed by atoms with van der Waals surface area (Å²) in [5.74, 6) is 0. The number of anilines is 2. The third-order valence-corrected chi connectivity index (χ3v) is 5.11. The molecule has 0 bridgehead atoms. The summed E-state index contributed by atoms with van der Waals surface area (Å²) in [5, 5.41) is 0. The Labute approximate surface area is 130 Å². The summed E-state index contributed by atoms with van der Waals surface area (Å²) in [4.78, 5) is 2.39. The number of benzene rings is 3. The summed E-state index contributed by atoms with van der Waals surface area (Å²) < 4.78 is 0. The second-order valence-electron chi connectivity index (χ2n) is 6.30. The zero-order valence-corrected chi connectivity index (χ0v) is 12.6. The largest absolute Gasteiger partial charge is 0.344 e. The lowest BCUT2D eigenvalue weighted by molar-refractivity contribution is 1.03. The molecule has 1 heterocycles. The van der Waals surface area contributed by atoms with Gasteiger partial charge >= 0.3 is 0 Å². The molecule has 0 spiro atoms. The molecule has 3 aromatic carbocycles. The Kier molecular flexibility index (Phi) is 2.32. The van der Waals surface area contributed by atoms with Crippen molar-refractivity contribution in [2.45, 2.75) is 12.8 Å². The maximum atomic E-state index is 2.39. The second kappa shape index (κ2) is 4.23. The highest BCUT2D eigenvalue weighted by atomic mass is 15.1. The summed E-state index contributed by atoms with van der Waals surface area (Å²) in [5.41, 5.74) is 11.4. The van der Waals surface area contributed by atoms with E-state index in [1.807, 2.05) is 0 Å². The molecule has 2 aliphatic rings. The highest BCUT2D eigenvalue weighted by Gasteiger charge is 2.28. The lowest BCUT2D eigenvalue weighted by Crippen LogP contribution is -2.20. The van der Waals surface area contributed by atoms with E-state index in [4.69, 9.17) is 0 Å². The predicted molar refractivity (Wildman–Crippen MR) is 92.0 cm³/mol. The fourth-order valence-electron chi connectivity index (χ4n) is 4.12. The minimum atomic E-state index is 1.04. The highest BCUT2D eigenvalue weighted by molar-refractivity contribution is 5.87. The van der Waals surface area contributed by atoms with Crippen LogP contribution in [0.15, 0.2) is 60.7 Å². The topological polar surface area (TPSA) is 3.24 Å². The first kappa shape index (κ1) is 12.0. The van der Waals surface area contributed by atoms with Gasteiger partial charge in [-0.1, -0.05) is 54.6 Å². The molecule has 0 fully saturated rings. The SMILES string of the molecule is CN1c2ccccc2Cc2ccc3c(c21)Cc1ccccc1-3. The summed E-state index contributed by atoms with van der Waals surface area (Å²) in [6.45, 7) is 0. The normalized spacial score (nSPS) is 14.1. The zero-order valence-electron chi connectivity index (χ0n) is 12.6. The van der Waals surface area contributed by atoms with Crippen molar-refractivity contribution in [2.75, 3.05) is 11.9 Å². The Morgan fingerprint density at radius 3 is 2.36 bits per heavy atom. The van der Waals surface area contributed by atoms with E-state index >= 15 is 0 Å². The van der Waals surface area contributed by atoms with Gasteiger partial charge in [0.15, 0.2) is 0 Å². The van der Waals surface area contributed by atoms with Gasteiger partial charge in [0.1, 0.15) is 0 Å². The Balaban J connectivity index is 1.75. The van der Waals surface area contributed by atoms with Crippen molar-refractivity contribution in [3.8, 4) is 11.1 Å². The molecular formula is C21H17N. The minimum Gasteiger partial charge on any atom is -0.344 e. The van der Waals surface area contributed by atoms with Gasteiger partial charge in [0.05, 0.1) is 0 Å². The van der Waals surface area contributed by atoms with Crippen LogP contribution in [-0.2, 0) is 12.8 Å². The third kappa shape index (κ3) is 1.48. The maximum Gasteiger partial charge on any atom is 0.0486 e. The quantitative estimate of drug-likeness (QED) is 0.442. The fourth-order valence-corrected chi connectivity index (χ4v) is 4.12. The van der Waals surface area contributed by atoms with Crippen molar-refractivity contribution in [3.63, 3.8) is 0 Å². The standard InChI is InChI=1S/C21H17N/c1-22-20-9-5-3-7-15(20)12-16-10-11-18-17-8-4-2-6-14(17)13-19(18)21(16)22/h2-11H,12-13H2,1H3. The van der Waals surface area contributed by atoms with Crippen LogP contribution in [0.4, 0.5) is 11.4 Å². The van der Waals surface area contributed by atoms with Crippen molar-refractivity contribution in [2.24, 2.45) is 0 Å². The Hall–Kier alpha value is -2.54. The lowest BCUT2D eigenvalue weighted by Gasteiger charge is -2.32. The van der Waals surface area contributed by atoms with Crippen LogP contribution < -0.4 is 4.90 Å². The molecule has 1 aliphatic carbocycles. The van der Waals surface area contributed by atoms with Gasteiger partial charge in [0.2, 0.25) is 0 Å². The molecule has 0 aromatic heterocycles. The van der Waals surface area contributed by atoms with Crippen molar-refractivity contribution in [1.82, 2.24) is 0 Å². The molecule has 0 atom stereocenters. The maximum absolute atomic E-state index is 2.39. The molecule has 22 heavy (non-hydrogen) atoms. The Morgan fingerprint density at radius 2 is 1.45 bits per heavy atom. The molecule has 1 nitrogen and oxygen atoms in total. The van der Waals surface area contributed by atoms with Crippen molar-refractivity contribution in [3.05, 3.63) is 82.9 Å². The van der Waals surface area contributed by atoms with Gasteiger partial charge in [-0.15, -0.1) is 0 Å². The van der Waals surface area contributed by atoms with Gasteiger partial charge in [0, 0.05) is 31.3 Å². The van der Waals surface area contributed by atoms with E-state index < -0.39 is 0 Å². The van der Waals surface area contributed by atoms with Crippen molar-refractivity contribution < 1.29 is 0 Å². The Morgan fingerprint density at radius 1 is 0.682 bits per heavy atom. The molecule has 0 radical (unpaired) electrons. The van der Waals surface area contributed by atoms with E-state index in [0.717, 1.165) is 12.8 Å². The number of fused-ring (bicyclic) bond motifs is 6. The molecule has 0 saturated heterocycles. The van der Waals surface area contributed by atoms with Gasteiger partial charge in [0.25, 0.3) is 0 Å². The van der Waals surface area contributed by atoms with Crippen LogP contribution in [0.3, 0.4) is 0 Å². The summed E-state index contributed by atoms with van der Waals surface area (Å²) in [6.07, 6.45) is 2.10. The van der Waals surface area contributed by atoms with Crippen LogP contribution in [-0.4, -0.2) is 7.05 Å². The van der Waals surface area contributed by atoms with Gasteiger partial charge in [-0.05, 0) is 39.4 Å². The van der Waals surface area contributed by atoms with Crippen molar-refractivity contribution >= 4 is 11.4 Å². The molecule has 5 rings (SSSR count). The smallest absolute Gasteiger partial charge is 0.0486 e. The third-order valence-electron chi connectivity index (χ3n) is 5.11. The molecular weight excluding hydrogens is 266 g/mol. The molecule has 1 heteroatoms. The average molecular weight is 283 g/mol. The van der Waals surface area contributed by atoms with E-state index in [9.17, 15) is 0 Å². The first-order valence-electron chi connectivity index (χ1n) is 7.87. The van der Waals surface area contributed by atoms with Gasteiger partial charge in [-0.2, -0.15) is 0 Å². The van der Waals surface area contributed by atoms with Gasteiger partial charge < -0.3 is 4.90 Å². The van der Waals surface area contributed by atoms with E-state index in [1.54, 1.807) is 0 Å². The van der Waals surface area contributed by atoms with Crippen LogP contribution in [0.1, 0.15) is 22.3 Å². The molecule has 3 aromatic rings. The molecule has 0 saturated carbocycles. The van der Waals surface area contributed by atoms with Crippen LogP contribution in [0, 0.1) is 0 Å². The van der Waals surface area contributed by atoms with E-state index in [1.165, 1.54) is 44.8 Å². The van der Waals surface area contributed by atoms with E-state index in [0.29, 0.717) is 0 Å². The van der Waals surface area contributed by atoms with Crippen LogP contribution in [0.2, 0.25) is 0 Å². The number of rotatable bonds is 0.